The molecule has 1 saturated heterocycles. The van der Waals surface area contributed by atoms with Gasteiger partial charge in [0.15, 0.2) is 5.78 Å². The fourth-order valence-electron chi connectivity index (χ4n) is 2.02. The van der Waals surface area contributed by atoms with Crippen LogP contribution in [0, 0.1) is 0 Å². The average Bonchev–Trinajstić information content (AvgIpc) is 2.54. The monoisotopic (exact) mass is 240 g/mol. The van der Waals surface area contributed by atoms with Gasteiger partial charge in [-0.15, -0.1) is 0 Å². The fraction of sp³-hybridized carbons (Fsp3) is 0.750. The van der Waals surface area contributed by atoms with Gasteiger partial charge >= 0.3 is 6.03 Å². The van der Waals surface area contributed by atoms with E-state index in [9.17, 15) is 14.4 Å². The maximum Gasteiger partial charge on any atom is 0.325 e. The number of nitrogens with zero attached hydrogens (tertiary/aromatic N) is 1. The van der Waals surface area contributed by atoms with Crippen molar-refractivity contribution in [2.24, 2.45) is 0 Å². The van der Waals surface area contributed by atoms with E-state index < -0.39 is 17.6 Å². The van der Waals surface area contributed by atoms with Gasteiger partial charge in [0.2, 0.25) is 0 Å². The summed E-state index contributed by atoms with van der Waals surface area (Å²) in [5.41, 5.74) is -0.863. The highest BCUT2D eigenvalue weighted by Crippen LogP contribution is 2.24. The van der Waals surface area contributed by atoms with Crippen LogP contribution in [0.2, 0.25) is 0 Å². The predicted octanol–water partition coefficient (Wildman–Crippen LogP) is 1.46. The van der Waals surface area contributed by atoms with Gasteiger partial charge in [-0.3, -0.25) is 14.5 Å². The van der Waals surface area contributed by atoms with Crippen molar-refractivity contribution < 1.29 is 14.4 Å². The number of ketones is 1. The lowest BCUT2D eigenvalue weighted by molar-refractivity contribution is -0.137. The van der Waals surface area contributed by atoms with Gasteiger partial charge in [0, 0.05) is 6.42 Å². The van der Waals surface area contributed by atoms with E-state index in [1.54, 1.807) is 20.8 Å². The van der Waals surface area contributed by atoms with Gasteiger partial charge in [-0.05, 0) is 19.8 Å². The van der Waals surface area contributed by atoms with E-state index in [-0.39, 0.29) is 11.7 Å². The summed E-state index contributed by atoms with van der Waals surface area (Å²) >= 11 is 0. The lowest BCUT2D eigenvalue weighted by atomic mass is 9.98. The number of carbonyl (C=O) groups is 3. The molecule has 5 nitrogen and oxygen atoms in total. The Balaban J connectivity index is 3.02. The van der Waals surface area contributed by atoms with Gasteiger partial charge in [-0.2, -0.15) is 0 Å². The van der Waals surface area contributed by atoms with E-state index in [1.165, 1.54) is 0 Å². The van der Waals surface area contributed by atoms with Crippen molar-refractivity contribution in [1.82, 2.24) is 10.2 Å². The maximum atomic E-state index is 12.2. The minimum Gasteiger partial charge on any atom is -0.323 e. The van der Waals surface area contributed by atoms with Crippen molar-refractivity contribution in [2.45, 2.75) is 58.5 Å². The van der Waals surface area contributed by atoms with Crippen molar-refractivity contribution in [2.75, 3.05) is 0 Å². The fourth-order valence-corrected chi connectivity index (χ4v) is 2.02. The smallest absolute Gasteiger partial charge is 0.323 e. The lowest BCUT2D eigenvalue weighted by Gasteiger charge is -2.24. The van der Waals surface area contributed by atoms with Gasteiger partial charge in [0.05, 0.1) is 6.04 Å². The molecule has 5 heteroatoms. The Morgan fingerprint density at radius 3 is 2.29 bits per heavy atom. The third kappa shape index (κ3) is 2.18. The third-order valence-corrected chi connectivity index (χ3v) is 3.42. The molecule has 0 aromatic carbocycles. The van der Waals surface area contributed by atoms with Crippen molar-refractivity contribution in [3.05, 3.63) is 0 Å². The number of amides is 3. The predicted molar refractivity (Wildman–Crippen MR) is 63.5 cm³/mol. The van der Waals surface area contributed by atoms with Crippen molar-refractivity contribution in [1.29, 1.82) is 0 Å². The molecule has 0 aromatic heterocycles. The number of imide groups is 1. The number of carbonyl (C=O) groups excluding carboxylic acids is 3. The highest BCUT2D eigenvalue weighted by molar-refractivity contribution is 6.09. The van der Waals surface area contributed by atoms with E-state index >= 15 is 0 Å². The molecule has 0 bridgehead atoms. The van der Waals surface area contributed by atoms with Crippen LogP contribution in [0.5, 0.6) is 0 Å². The number of rotatable bonds is 5. The molecule has 3 amide bonds. The molecule has 0 radical (unpaired) electrons. The second-order valence-corrected chi connectivity index (χ2v) is 4.53. The van der Waals surface area contributed by atoms with Gasteiger partial charge in [-0.1, -0.05) is 20.8 Å². The Morgan fingerprint density at radius 2 is 1.94 bits per heavy atom. The highest BCUT2D eigenvalue weighted by Gasteiger charge is 2.49. The van der Waals surface area contributed by atoms with Gasteiger partial charge in [-0.25, -0.2) is 4.79 Å². The van der Waals surface area contributed by atoms with E-state index in [2.05, 4.69) is 5.32 Å². The zero-order chi connectivity index (χ0) is 13.2. The number of hydrogen-bond donors (Lipinski definition) is 1. The van der Waals surface area contributed by atoms with E-state index in [0.717, 1.165) is 4.90 Å². The first-order valence-corrected chi connectivity index (χ1v) is 6.09. The molecule has 2 atom stereocenters. The number of hydrogen-bond acceptors (Lipinski definition) is 3. The number of nitrogens with one attached hydrogen (secondary N) is 1. The number of urea groups is 1. The van der Waals surface area contributed by atoms with Crippen LogP contribution < -0.4 is 5.32 Å². The van der Waals surface area contributed by atoms with E-state index in [4.69, 9.17) is 0 Å². The van der Waals surface area contributed by atoms with Gasteiger partial charge < -0.3 is 5.32 Å². The molecular formula is C12H20N2O3. The lowest BCUT2D eigenvalue weighted by Crippen LogP contribution is -2.47. The van der Waals surface area contributed by atoms with Crippen LogP contribution >= 0.6 is 0 Å². The van der Waals surface area contributed by atoms with Crippen LogP contribution in [0.1, 0.15) is 47.0 Å². The minimum atomic E-state index is -0.863. The molecule has 2 unspecified atom stereocenters. The zero-order valence-electron chi connectivity index (χ0n) is 10.9. The second-order valence-electron chi connectivity index (χ2n) is 4.53. The maximum absolute atomic E-state index is 12.2. The molecule has 1 aliphatic heterocycles. The molecule has 1 rings (SSSR count). The van der Waals surface area contributed by atoms with E-state index in [1.807, 2.05) is 6.92 Å². The van der Waals surface area contributed by atoms with Gasteiger partial charge in [0.25, 0.3) is 5.91 Å². The summed E-state index contributed by atoms with van der Waals surface area (Å²) in [5, 5.41) is 2.66. The van der Waals surface area contributed by atoms with Crippen LogP contribution in [-0.4, -0.2) is 34.2 Å². The average molecular weight is 240 g/mol. The van der Waals surface area contributed by atoms with Crippen molar-refractivity contribution >= 4 is 17.7 Å². The van der Waals surface area contributed by atoms with Crippen LogP contribution in [0.15, 0.2) is 0 Å². The molecule has 0 saturated carbocycles. The Hall–Kier alpha value is -1.39. The van der Waals surface area contributed by atoms with Gasteiger partial charge in [0.1, 0.15) is 5.54 Å². The molecular weight excluding hydrogens is 220 g/mol. The van der Waals surface area contributed by atoms with Crippen LogP contribution in [0.3, 0.4) is 0 Å². The quantitative estimate of drug-likeness (QED) is 0.740. The molecule has 17 heavy (non-hydrogen) atoms. The Bertz CT molecular complexity index is 354. The summed E-state index contributed by atoms with van der Waals surface area (Å²) in [6, 6.07) is -1.08. The van der Waals surface area contributed by atoms with E-state index in [0.29, 0.717) is 19.3 Å². The summed E-state index contributed by atoms with van der Waals surface area (Å²) in [5.74, 6) is -0.366. The molecule has 0 aliphatic carbocycles. The van der Waals surface area contributed by atoms with Crippen LogP contribution in [0.25, 0.3) is 0 Å². The summed E-state index contributed by atoms with van der Waals surface area (Å²) in [4.78, 5) is 36.8. The first kappa shape index (κ1) is 13.7. The molecule has 1 aliphatic rings. The Labute approximate surface area is 102 Å². The minimum absolute atomic E-state index is 0.0728. The second kappa shape index (κ2) is 4.85. The standard InChI is InChI=1S/C12H20N2O3/c1-5-8(9(15)6-2)14-10(16)12(4,7-3)13-11(14)17/h8H,5-7H2,1-4H3,(H,13,17). The van der Waals surface area contributed by atoms with Crippen molar-refractivity contribution in [3.63, 3.8) is 0 Å². The Morgan fingerprint density at radius 1 is 1.35 bits per heavy atom. The SMILES string of the molecule is CCC(=O)C(CC)N1C(=O)NC(C)(CC)C1=O. The third-order valence-electron chi connectivity index (χ3n) is 3.42. The Kier molecular flexibility index (Phi) is 3.91. The summed E-state index contributed by atoms with van der Waals surface area (Å²) < 4.78 is 0. The van der Waals surface area contributed by atoms with Crippen LogP contribution in [0.4, 0.5) is 4.79 Å². The molecule has 1 fully saturated rings. The van der Waals surface area contributed by atoms with Crippen molar-refractivity contribution in [3.8, 4) is 0 Å². The first-order chi connectivity index (χ1) is 7.91. The first-order valence-electron chi connectivity index (χ1n) is 6.09. The summed E-state index contributed by atoms with van der Waals surface area (Å²) in [6.07, 6.45) is 1.31. The largest absolute Gasteiger partial charge is 0.325 e. The topological polar surface area (TPSA) is 66.5 Å². The molecule has 96 valence electrons. The molecule has 0 aromatic rings. The summed E-state index contributed by atoms with van der Waals surface area (Å²) in [6.45, 7) is 7.07. The normalized spacial score (nSPS) is 26.0. The van der Waals surface area contributed by atoms with Crippen LogP contribution in [-0.2, 0) is 9.59 Å². The molecule has 1 N–H and O–H groups in total. The number of Topliss-reactive ketones (excluding diaryl/α,β-unsaturated/α-hetero) is 1. The molecule has 1 heterocycles. The highest BCUT2D eigenvalue weighted by atomic mass is 16.2. The summed E-state index contributed by atoms with van der Waals surface area (Å²) in [7, 11) is 0. The molecule has 0 spiro atoms. The zero-order valence-corrected chi connectivity index (χ0v) is 10.9.